The predicted octanol–water partition coefficient (Wildman–Crippen LogP) is 1.13. The molecule has 0 radical (unpaired) electrons. The third-order valence-electron chi connectivity index (χ3n) is 3.40. The molecule has 20 heavy (non-hydrogen) atoms. The molecule has 7 heteroatoms. The van der Waals surface area contributed by atoms with Gasteiger partial charge in [0.25, 0.3) is 0 Å². The van der Waals surface area contributed by atoms with Gasteiger partial charge in [-0.25, -0.2) is 8.42 Å². The van der Waals surface area contributed by atoms with E-state index < -0.39 is 9.84 Å². The first-order chi connectivity index (χ1) is 9.03. The number of nitrogens with one attached hydrogen (secondary N) is 2. The van der Waals surface area contributed by atoms with Gasteiger partial charge in [-0.05, 0) is 38.3 Å². The van der Waals surface area contributed by atoms with Crippen molar-refractivity contribution >= 4 is 28.2 Å². The highest BCUT2D eigenvalue weighted by Gasteiger charge is 2.18. The van der Waals surface area contributed by atoms with Crippen LogP contribution in [0.1, 0.15) is 39.0 Å². The second kappa shape index (κ2) is 10.4. The molecule has 1 unspecified atom stereocenters. The molecule has 1 rings (SSSR count). The second-order valence-electron chi connectivity index (χ2n) is 5.32. The van der Waals surface area contributed by atoms with Crippen LogP contribution in [-0.4, -0.2) is 45.5 Å². The van der Waals surface area contributed by atoms with Crippen LogP contribution in [0, 0.1) is 5.92 Å². The highest BCUT2D eigenvalue weighted by Crippen LogP contribution is 2.08. The average molecular weight is 327 g/mol. The summed E-state index contributed by atoms with van der Waals surface area (Å²) in [5.74, 6) is -0.168. The van der Waals surface area contributed by atoms with Gasteiger partial charge in [0.05, 0.1) is 5.75 Å². The number of unbranched alkanes of at least 4 members (excludes halogenated alkanes) is 2. The van der Waals surface area contributed by atoms with Crippen molar-refractivity contribution in [3.8, 4) is 0 Å². The fourth-order valence-corrected chi connectivity index (χ4v) is 3.54. The lowest BCUT2D eigenvalue weighted by Crippen LogP contribution is -2.40. The van der Waals surface area contributed by atoms with E-state index in [9.17, 15) is 13.2 Å². The minimum atomic E-state index is -3.23. The Balaban J connectivity index is 0.00000361. The van der Waals surface area contributed by atoms with E-state index in [0.29, 0.717) is 18.9 Å². The predicted molar refractivity (Wildman–Crippen MR) is 84.0 cm³/mol. The summed E-state index contributed by atoms with van der Waals surface area (Å²) < 4.78 is 23.4. The Morgan fingerprint density at radius 1 is 1.35 bits per heavy atom. The fourth-order valence-electron chi connectivity index (χ4n) is 2.25. The Kier molecular flexibility index (Phi) is 10.2. The van der Waals surface area contributed by atoms with Crippen molar-refractivity contribution in [2.75, 3.05) is 31.1 Å². The molecule has 5 nitrogen and oxygen atoms in total. The van der Waals surface area contributed by atoms with Crippen molar-refractivity contribution in [3.63, 3.8) is 0 Å². The van der Waals surface area contributed by atoms with E-state index in [-0.39, 0.29) is 29.8 Å². The third-order valence-corrected chi connectivity index (χ3v) is 5.01. The van der Waals surface area contributed by atoms with E-state index in [0.717, 1.165) is 38.8 Å². The van der Waals surface area contributed by atoms with Gasteiger partial charge < -0.3 is 10.6 Å². The normalized spacial score (nSPS) is 19.1. The molecular formula is C13H27ClN2O3S. The summed E-state index contributed by atoms with van der Waals surface area (Å²) in [7, 11) is -3.23. The lowest BCUT2D eigenvalue weighted by Gasteiger charge is -2.22. The molecule has 0 saturated carbocycles. The third kappa shape index (κ3) is 8.76. The summed E-state index contributed by atoms with van der Waals surface area (Å²) in [5, 5.41) is 6.01. The van der Waals surface area contributed by atoms with Crippen LogP contribution in [0.5, 0.6) is 0 Å². The van der Waals surface area contributed by atoms with E-state index in [1.165, 1.54) is 0 Å². The molecule has 1 heterocycles. The number of hydrogen-bond donors (Lipinski definition) is 2. The zero-order valence-electron chi connectivity index (χ0n) is 12.2. The van der Waals surface area contributed by atoms with Crippen molar-refractivity contribution in [1.29, 1.82) is 0 Å². The van der Waals surface area contributed by atoms with Gasteiger partial charge >= 0.3 is 0 Å². The summed E-state index contributed by atoms with van der Waals surface area (Å²) >= 11 is 0. The Morgan fingerprint density at radius 2 is 2.10 bits per heavy atom. The van der Waals surface area contributed by atoms with Gasteiger partial charge in [-0.15, -0.1) is 12.4 Å². The van der Waals surface area contributed by atoms with Gasteiger partial charge in [0.15, 0.2) is 9.84 Å². The maximum Gasteiger partial charge on any atom is 0.235 e. The molecule has 0 aromatic heterocycles. The minimum absolute atomic E-state index is 0. The van der Waals surface area contributed by atoms with Crippen molar-refractivity contribution in [1.82, 2.24) is 10.6 Å². The molecule has 1 aliphatic heterocycles. The van der Waals surface area contributed by atoms with E-state index in [4.69, 9.17) is 0 Å². The molecule has 0 aromatic rings. The maximum atomic E-state index is 11.7. The van der Waals surface area contributed by atoms with Crippen LogP contribution in [-0.2, 0) is 14.6 Å². The van der Waals surface area contributed by atoms with Crippen LogP contribution in [0.2, 0.25) is 0 Å². The number of rotatable bonds is 8. The number of halogens is 1. The average Bonchev–Trinajstić information content (AvgIpc) is 2.37. The Hall–Kier alpha value is -0.330. The van der Waals surface area contributed by atoms with Crippen molar-refractivity contribution in [2.45, 2.75) is 39.0 Å². The molecule has 0 aromatic carbocycles. The second-order valence-corrected chi connectivity index (χ2v) is 7.50. The SMILES string of the molecule is CCCCCS(=O)(=O)CC(=O)NCC1CCCNC1.Cl. The molecule has 1 amide bonds. The monoisotopic (exact) mass is 326 g/mol. The van der Waals surface area contributed by atoms with Gasteiger partial charge in [-0.3, -0.25) is 4.79 Å². The Bertz CT molecular complexity index is 368. The van der Waals surface area contributed by atoms with Crippen molar-refractivity contribution in [3.05, 3.63) is 0 Å². The van der Waals surface area contributed by atoms with E-state index in [2.05, 4.69) is 10.6 Å². The minimum Gasteiger partial charge on any atom is -0.355 e. The molecule has 1 fully saturated rings. The van der Waals surface area contributed by atoms with Crippen LogP contribution < -0.4 is 10.6 Å². The molecule has 1 aliphatic rings. The van der Waals surface area contributed by atoms with Crippen LogP contribution in [0.3, 0.4) is 0 Å². The maximum absolute atomic E-state index is 11.7. The topological polar surface area (TPSA) is 75.3 Å². The smallest absolute Gasteiger partial charge is 0.235 e. The number of carbonyl (C=O) groups excluding carboxylic acids is 1. The molecule has 0 bridgehead atoms. The molecular weight excluding hydrogens is 300 g/mol. The largest absolute Gasteiger partial charge is 0.355 e. The van der Waals surface area contributed by atoms with Crippen LogP contribution >= 0.6 is 12.4 Å². The van der Waals surface area contributed by atoms with E-state index in [1.54, 1.807) is 0 Å². The first-order valence-corrected chi connectivity index (χ1v) is 9.03. The van der Waals surface area contributed by atoms with Gasteiger partial charge in [0, 0.05) is 6.54 Å². The van der Waals surface area contributed by atoms with Crippen molar-refractivity contribution < 1.29 is 13.2 Å². The summed E-state index contributed by atoms with van der Waals surface area (Å²) in [6, 6.07) is 0. The lowest BCUT2D eigenvalue weighted by molar-refractivity contribution is -0.118. The van der Waals surface area contributed by atoms with Gasteiger partial charge in [-0.1, -0.05) is 19.8 Å². The summed E-state index contributed by atoms with van der Waals surface area (Å²) in [5.41, 5.74) is 0. The molecule has 2 N–H and O–H groups in total. The first-order valence-electron chi connectivity index (χ1n) is 7.21. The quantitative estimate of drug-likeness (QED) is 0.656. The number of piperidine rings is 1. The van der Waals surface area contributed by atoms with Gasteiger partial charge in [-0.2, -0.15) is 0 Å². The first kappa shape index (κ1) is 19.7. The highest BCUT2D eigenvalue weighted by molar-refractivity contribution is 7.92. The molecule has 1 atom stereocenters. The van der Waals surface area contributed by atoms with Crippen molar-refractivity contribution in [2.24, 2.45) is 5.92 Å². The highest BCUT2D eigenvalue weighted by atomic mass is 35.5. The molecule has 0 aliphatic carbocycles. The standard InChI is InChI=1S/C13H26N2O3S.ClH/c1-2-3-4-8-19(17,18)11-13(16)15-10-12-6-5-7-14-9-12;/h12,14H,2-11H2,1H3,(H,15,16);1H. The molecule has 120 valence electrons. The number of hydrogen-bond acceptors (Lipinski definition) is 4. The molecule has 1 saturated heterocycles. The van der Waals surface area contributed by atoms with Gasteiger partial charge in [0.2, 0.25) is 5.91 Å². The number of carbonyl (C=O) groups is 1. The van der Waals surface area contributed by atoms with Crippen LogP contribution in [0.15, 0.2) is 0 Å². The summed E-state index contributed by atoms with van der Waals surface area (Å²) in [6.45, 7) is 4.55. The zero-order valence-corrected chi connectivity index (χ0v) is 13.8. The van der Waals surface area contributed by atoms with Gasteiger partial charge in [0.1, 0.15) is 5.75 Å². The fraction of sp³-hybridized carbons (Fsp3) is 0.923. The summed E-state index contributed by atoms with van der Waals surface area (Å²) in [4.78, 5) is 11.6. The van der Waals surface area contributed by atoms with E-state index in [1.807, 2.05) is 6.92 Å². The Labute approximate surface area is 128 Å². The molecule has 0 spiro atoms. The van der Waals surface area contributed by atoms with Crippen LogP contribution in [0.25, 0.3) is 0 Å². The zero-order chi connectivity index (χ0) is 14.1. The Morgan fingerprint density at radius 3 is 2.70 bits per heavy atom. The lowest BCUT2D eigenvalue weighted by atomic mass is 10.00. The number of sulfone groups is 1. The van der Waals surface area contributed by atoms with E-state index >= 15 is 0 Å². The number of amides is 1. The summed E-state index contributed by atoms with van der Waals surface area (Å²) in [6.07, 6.45) is 4.75. The van der Waals surface area contributed by atoms with Crippen LogP contribution in [0.4, 0.5) is 0 Å².